The smallest absolute Gasteiger partial charge is 0.231 e. The van der Waals surface area contributed by atoms with Crippen molar-refractivity contribution in [3.8, 4) is 5.75 Å². The molecular formula is C18H26N2O3. The van der Waals surface area contributed by atoms with Crippen LogP contribution in [-0.2, 0) is 4.79 Å². The third-order valence-electron chi connectivity index (χ3n) is 5.49. The minimum Gasteiger partial charge on any atom is -0.497 e. The molecule has 23 heavy (non-hydrogen) atoms. The molecule has 0 radical (unpaired) electrons. The number of nitrogens with zero attached hydrogens (tertiary/aromatic N) is 1. The summed E-state index contributed by atoms with van der Waals surface area (Å²) in [7, 11) is 1.65. The molecule has 1 aliphatic carbocycles. The van der Waals surface area contributed by atoms with E-state index >= 15 is 0 Å². The molecule has 5 nitrogen and oxygen atoms in total. The Labute approximate surface area is 137 Å². The summed E-state index contributed by atoms with van der Waals surface area (Å²) in [5, 5.41) is 11.1. The van der Waals surface area contributed by atoms with E-state index < -0.39 is 5.60 Å². The number of hydrogen-bond acceptors (Lipinski definition) is 4. The summed E-state index contributed by atoms with van der Waals surface area (Å²) in [5.41, 5.74) is 5.96. The number of nitrogens with two attached hydrogens (primary N) is 1. The van der Waals surface area contributed by atoms with Crippen molar-refractivity contribution in [2.24, 2.45) is 11.7 Å². The summed E-state index contributed by atoms with van der Waals surface area (Å²) in [6.45, 7) is 0.940. The van der Waals surface area contributed by atoms with Crippen LogP contribution in [-0.4, -0.2) is 41.7 Å². The highest BCUT2D eigenvalue weighted by Crippen LogP contribution is 2.49. The van der Waals surface area contributed by atoms with Gasteiger partial charge in [0.05, 0.1) is 19.3 Å². The summed E-state index contributed by atoms with van der Waals surface area (Å²) >= 11 is 0. The van der Waals surface area contributed by atoms with Crippen molar-refractivity contribution in [1.29, 1.82) is 0 Å². The lowest BCUT2D eigenvalue weighted by atomic mass is 9.66. The number of likely N-dealkylation sites (tertiary alicyclic amines) is 1. The maximum Gasteiger partial charge on any atom is 0.231 e. The van der Waals surface area contributed by atoms with E-state index in [2.05, 4.69) is 4.90 Å². The van der Waals surface area contributed by atoms with Gasteiger partial charge in [0.25, 0.3) is 0 Å². The van der Waals surface area contributed by atoms with Crippen LogP contribution in [0.3, 0.4) is 0 Å². The van der Waals surface area contributed by atoms with Crippen molar-refractivity contribution in [2.75, 3.05) is 20.2 Å². The number of primary amides is 1. The molecule has 0 spiro atoms. The number of amides is 1. The monoisotopic (exact) mass is 318 g/mol. The molecule has 1 saturated carbocycles. The van der Waals surface area contributed by atoms with Gasteiger partial charge in [0.1, 0.15) is 5.75 Å². The fraction of sp³-hybridized carbons (Fsp3) is 0.611. The number of carbonyl (C=O) groups excluding carboxylic acids is 1. The number of piperidine rings is 1. The van der Waals surface area contributed by atoms with E-state index in [1.807, 2.05) is 24.3 Å². The number of fused-ring (bicyclic) bond motifs is 1. The summed E-state index contributed by atoms with van der Waals surface area (Å²) in [4.78, 5) is 13.6. The van der Waals surface area contributed by atoms with Gasteiger partial charge in [0, 0.05) is 18.5 Å². The third kappa shape index (κ3) is 3.21. The Balaban J connectivity index is 1.94. The minimum atomic E-state index is -0.614. The van der Waals surface area contributed by atoms with Crippen LogP contribution in [0, 0.1) is 5.92 Å². The average molecular weight is 318 g/mol. The highest BCUT2D eigenvalue weighted by molar-refractivity contribution is 5.76. The Morgan fingerprint density at radius 3 is 2.74 bits per heavy atom. The molecular weight excluding hydrogens is 292 g/mol. The maximum absolute atomic E-state index is 11.5. The van der Waals surface area contributed by atoms with Gasteiger partial charge in [0.15, 0.2) is 0 Å². The molecule has 0 aromatic heterocycles. The molecule has 1 heterocycles. The van der Waals surface area contributed by atoms with Crippen molar-refractivity contribution < 1.29 is 14.6 Å². The molecule has 1 saturated heterocycles. The highest BCUT2D eigenvalue weighted by Gasteiger charge is 2.49. The molecule has 3 rings (SSSR count). The molecule has 5 heteroatoms. The lowest BCUT2D eigenvalue weighted by molar-refractivity contribution is -0.136. The molecule has 0 unspecified atom stereocenters. The van der Waals surface area contributed by atoms with Crippen LogP contribution in [0.25, 0.3) is 0 Å². The Morgan fingerprint density at radius 1 is 1.35 bits per heavy atom. The summed E-state index contributed by atoms with van der Waals surface area (Å²) < 4.78 is 5.24. The van der Waals surface area contributed by atoms with E-state index in [-0.39, 0.29) is 24.4 Å². The van der Waals surface area contributed by atoms with Crippen molar-refractivity contribution >= 4 is 5.91 Å². The van der Waals surface area contributed by atoms with Crippen LogP contribution in [0.2, 0.25) is 0 Å². The highest BCUT2D eigenvalue weighted by atomic mass is 16.5. The van der Waals surface area contributed by atoms with Gasteiger partial charge in [-0.3, -0.25) is 9.69 Å². The Bertz CT molecular complexity index is 560. The average Bonchev–Trinajstić information content (AvgIpc) is 2.54. The molecule has 3 N–H and O–H groups in total. The van der Waals surface area contributed by atoms with Crippen molar-refractivity contribution in [3.05, 3.63) is 29.8 Å². The van der Waals surface area contributed by atoms with Crippen LogP contribution in [0.15, 0.2) is 24.3 Å². The first-order chi connectivity index (χ1) is 11.0. The topological polar surface area (TPSA) is 75.8 Å². The van der Waals surface area contributed by atoms with E-state index in [1.54, 1.807) is 7.11 Å². The fourth-order valence-electron chi connectivity index (χ4n) is 4.36. The molecule has 1 aliphatic heterocycles. The molecule has 1 aromatic carbocycles. The van der Waals surface area contributed by atoms with Gasteiger partial charge in [-0.2, -0.15) is 0 Å². The number of methoxy groups -OCH3 is 1. The van der Waals surface area contributed by atoms with Gasteiger partial charge in [-0.05, 0) is 37.0 Å². The number of carbonyl (C=O) groups is 1. The molecule has 1 aromatic rings. The minimum absolute atomic E-state index is 0.0347. The number of rotatable bonds is 4. The Hall–Kier alpha value is -1.59. The van der Waals surface area contributed by atoms with Crippen LogP contribution in [0.5, 0.6) is 5.75 Å². The second-order valence-electron chi connectivity index (χ2n) is 6.86. The normalized spacial score (nSPS) is 31.4. The summed E-state index contributed by atoms with van der Waals surface area (Å²) in [5.74, 6) is 0.646. The third-order valence-corrected chi connectivity index (χ3v) is 5.49. The van der Waals surface area contributed by atoms with Gasteiger partial charge in [-0.15, -0.1) is 0 Å². The molecule has 0 bridgehead atoms. The largest absolute Gasteiger partial charge is 0.497 e. The lowest BCUT2D eigenvalue weighted by Crippen LogP contribution is -2.56. The maximum atomic E-state index is 11.5. The SMILES string of the molecule is COc1ccc([C@@H]2[C@@H]3CCCC[C@@]3(O)CCN2CC(N)=O)cc1. The number of aliphatic hydroxyl groups is 1. The zero-order valence-corrected chi connectivity index (χ0v) is 13.7. The zero-order chi connectivity index (χ0) is 16.4. The molecule has 126 valence electrons. The second kappa shape index (κ2) is 6.49. The summed E-state index contributed by atoms with van der Waals surface area (Å²) in [6, 6.07) is 7.99. The Morgan fingerprint density at radius 2 is 2.09 bits per heavy atom. The van der Waals surface area contributed by atoms with Crippen LogP contribution in [0.4, 0.5) is 0 Å². The lowest BCUT2D eigenvalue weighted by Gasteiger charge is -2.52. The van der Waals surface area contributed by atoms with Gasteiger partial charge in [0.2, 0.25) is 5.91 Å². The van der Waals surface area contributed by atoms with E-state index in [4.69, 9.17) is 10.5 Å². The van der Waals surface area contributed by atoms with Crippen LogP contribution < -0.4 is 10.5 Å². The predicted molar refractivity (Wildman–Crippen MR) is 88.0 cm³/mol. The van der Waals surface area contributed by atoms with Gasteiger partial charge in [-0.1, -0.05) is 25.0 Å². The second-order valence-corrected chi connectivity index (χ2v) is 6.86. The van der Waals surface area contributed by atoms with E-state index in [1.165, 1.54) is 0 Å². The van der Waals surface area contributed by atoms with Gasteiger partial charge in [-0.25, -0.2) is 0 Å². The Kier molecular flexibility index (Phi) is 4.60. The van der Waals surface area contributed by atoms with Gasteiger partial charge >= 0.3 is 0 Å². The van der Waals surface area contributed by atoms with E-state index in [9.17, 15) is 9.90 Å². The molecule has 1 amide bonds. The first kappa shape index (κ1) is 16.3. The van der Waals surface area contributed by atoms with Crippen molar-refractivity contribution in [3.63, 3.8) is 0 Å². The molecule has 2 fully saturated rings. The number of benzene rings is 1. The van der Waals surface area contributed by atoms with Crippen molar-refractivity contribution in [1.82, 2.24) is 4.90 Å². The summed E-state index contributed by atoms with van der Waals surface area (Å²) in [6.07, 6.45) is 4.77. The number of ether oxygens (including phenoxy) is 1. The van der Waals surface area contributed by atoms with Gasteiger partial charge < -0.3 is 15.6 Å². The quantitative estimate of drug-likeness (QED) is 0.888. The molecule has 2 aliphatic rings. The van der Waals surface area contributed by atoms with E-state index in [0.29, 0.717) is 6.54 Å². The number of hydrogen-bond donors (Lipinski definition) is 2. The predicted octanol–water partition coefficient (Wildman–Crippen LogP) is 1.85. The zero-order valence-electron chi connectivity index (χ0n) is 13.7. The molecule has 3 atom stereocenters. The first-order valence-corrected chi connectivity index (χ1v) is 8.42. The van der Waals surface area contributed by atoms with E-state index in [0.717, 1.165) is 43.4 Å². The van der Waals surface area contributed by atoms with Crippen molar-refractivity contribution in [2.45, 2.75) is 43.7 Å². The fourth-order valence-corrected chi connectivity index (χ4v) is 4.36. The standard InChI is InChI=1S/C18H26N2O3/c1-23-14-7-5-13(6-8-14)17-15-4-2-3-9-18(15,22)10-11-20(17)12-16(19)21/h5-8,15,17,22H,2-4,9-12H2,1H3,(H2,19,21)/t15-,17+,18+/m0/s1. The van der Waals surface area contributed by atoms with Crippen LogP contribution >= 0.6 is 0 Å². The van der Waals surface area contributed by atoms with Crippen LogP contribution in [0.1, 0.15) is 43.7 Å². The first-order valence-electron chi connectivity index (χ1n) is 8.42.